The van der Waals surface area contributed by atoms with E-state index in [2.05, 4.69) is 35.3 Å². The second kappa shape index (κ2) is 4.36. The lowest BCUT2D eigenvalue weighted by Gasteiger charge is -2.22. The Hall–Kier alpha value is -1.32. The van der Waals surface area contributed by atoms with Crippen LogP contribution in [0.4, 0.5) is 0 Å². The highest BCUT2D eigenvalue weighted by atomic mass is 16.3. The van der Waals surface area contributed by atoms with Gasteiger partial charge in [0.25, 0.3) is 0 Å². The number of para-hydroxylation sites is 1. The zero-order chi connectivity index (χ0) is 12.8. The average Bonchev–Trinajstić information content (AvgIpc) is 3.08. The van der Waals surface area contributed by atoms with E-state index >= 15 is 0 Å². The largest absolute Gasteiger partial charge is 0.459 e. The van der Waals surface area contributed by atoms with Crippen LogP contribution in [-0.2, 0) is 6.54 Å². The molecule has 0 saturated carbocycles. The van der Waals surface area contributed by atoms with E-state index in [9.17, 15) is 0 Å². The smallest absolute Gasteiger partial charge is 0.134 e. The van der Waals surface area contributed by atoms with Crippen LogP contribution in [0.5, 0.6) is 0 Å². The molecule has 0 radical (unpaired) electrons. The maximum absolute atomic E-state index is 6.05. The van der Waals surface area contributed by atoms with Gasteiger partial charge in [-0.05, 0) is 44.0 Å². The van der Waals surface area contributed by atoms with Crippen molar-refractivity contribution in [2.75, 3.05) is 19.6 Å². The molecule has 0 bridgehead atoms. The molecule has 1 N–H and O–H groups in total. The molecule has 0 aliphatic carbocycles. The van der Waals surface area contributed by atoms with Crippen molar-refractivity contribution < 1.29 is 4.42 Å². The van der Waals surface area contributed by atoms with Crippen molar-refractivity contribution in [1.29, 1.82) is 0 Å². The van der Waals surface area contributed by atoms with Gasteiger partial charge in [-0.25, -0.2) is 0 Å². The maximum atomic E-state index is 6.05. The molecule has 0 amide bonds. The number of nitrogens with zero attached hydrogens (tertiary/aromatic N) is 1. The Morgan fingerprint density at radius 2 is 2.21 bits per heavy atom. The van der Waals surface area contributed by atoms with Crippen molar-refractivity contribution >= 4 is 11.0 Å². The third-order valence-corrected chi connectivity index (χ3v) is 4.85. The Balaban J connectivity index is 1.63. The highest BCUT2D eigenvalue weighted by molar-refractivity contribution is 5.81. The molecule has 4 rings (SSSR count). The first kappa shape index (κ1) is 11.5. The van der Waals surface area contributed by atoms with Crippen LogP contribution >= 0.6 is 0 Å². The zero-order valence-electron chi connectivity index (χ0n) is 11.4. The third-order valence-electron chi connectivity index (χ3n) is 4.85. The second-order valence-electron chi connectivity index (χ2n) is 5.89. The topological polar surface area (TPSA) is 28.4 Å². The van der Waals surface area contributed by atoms with Crippen molar-refractivity contribution in [3.05, 3.63) is 35.6 Å². The summed E-state index contributed by atoms with van der Waals surface area (Å²) in [6, 6.07) is 9.06. The molecule has 19 heavy (non-hydrogen) atoms. The summed E-state index contributed by atoms with van der Waals surface area (Å²) < 4.78 is 6.05. The van der Waals surface area contributed by atoms with Crippen molar-refractivity contribution in [2.24, 2.45) is 5.92 Å². The Bertz CT molecular complexity index is 604. The summed E-state index contributed by atoms with van der Waals surface area (Å²) in [5.74, 6) is 2.00. The van der Waals surface area contributed by atoms with Gasteiger partial charge in [0.1, 0.15) is 11.3 Å². The van der Waals surface area contributed by atoms with Crippen molar-refractivity contribution in [2.45, 2.75) is 25.9 Å². The van der Waals surface area contributed by atoms with Crippen LogP contribution in [0.2, 0.25) is 0 Å². The molecule has 2 fully saturated rings. The molecule has 100 valence electrons. The quantitative estimate of drug-likeness (QED) is 0.895. The fourth-order valence-corrected chi connectivity index (χ4v) is 3.70. The Kier molecular flexibility index (Phi) is 2.64. The van der Waals surface area contributed by atoms with Gasteiger partial charge in [0.05, 0.1) is 6.54 Å². The summed E-state index contributed by atoms with van der Waals surface area (Å²) in [4.78, 5) is 2.59. The van der Waals surface area contributed by atoms with E-state index in [4.69, 9.17) is 4.42 Å². The molecule has 2 atom stereocenters. The van der Waals surface area contributed by atoms with E-state index in [0.717, 1.165) is 30.4 Å². The lowest BCUT2D eigenvalue weighted by Crippen LogP contribution is -2.33. The monoisotopic (exact) mass is 256 g/mol. The van der Waals surface area contributed by atoms with Gasteiger partial charge in [0, 0.05) is 18.0 Å². The molecule has 2 aliphatic heterocycles. The second-order valence-corrected chi connectivity index (χ2v) is 5.89. The standard InChI is InChI=1S/C16H20N2O/c1-11-13-4-2-3-5-15(13)19-16(11)10-18-7-6-12-8-17-9-14(12)18/h2-5,12,14,17H,6-10H2,1H3/t12-,14+/m0/s1. The Labute approximate surface area is 113 Å². The van der Waals surface area contributed by atoms with E-state index in [0.29, 0.717) is 6.04 Å². The summed E-state index contributed by atoms with van der Waals surface area (Å²) in [5.41, 5.74) is 2.33. The predicted molar refractivity (Wildman–Crippen MR) is 76.1 cm³/mol. The average molecular weight is 256 g/mol. The van der Waals surface area contributed by atoms with Gasteiger partial charge in [-0.1, -0.05) is 18.2 Å². The van der Waals surface area contributed by atoms with Crippen molar-refractivity contribution in [3.8, 4) is 0 Å². The normalized spacial score (nSPS) is 27.2. The van der Waals surface area contributed by atoms with Gasteiger partial charge in [-0.3, -0.25) is 4.90 Å². The Morgan fingerprint density at radius 1 is 1.32 bits per heavy atom. The molecular formula is C16H20N2O. The van der Waals surface area contributed by atoms with Gasteiger partial charge in [-0.15, -0.1) is 0 Å². The number of benzene rings is 1. The third kappa shape index (κ3) is 1.80. The summed E-state index contributed by atoms with van der Waals surface area (Å²) >= 11 is 0. The van der Waals surface area contributed by atoms with Crippen molar-refractivity contribution in [1.82, 2.24) is 10.2 Å². The van der Waals surface area contributed by atoms with Crippen LogP contribution in [0.1, 0.15) is 17.7 Å². The minimum Gasteiger partial charge on any atom is -0.459 e. The van der Waals surface area contributed by atoms with E-state index in [1.807, 2.05) is 6.07 Å². The lowest BCUT2D eigenvalue weighted by atomic mass is 10.1. The van der Waals surface area contributed by atoms with Gasteiger partial charge in [-0.2, -0.15) is 0 Å². The number of nitrogens with one attached hydrogen (secondary N) is 1. The maximum Gasteiger partial charge on any atom is 0.134 e. The first-order chi connectivity index (χ1) is 9.33. The summed E-state index contributed by atoms with van der Waals surface area (Å²) in [6.07, 6.45) is 1.33. The minimum absolute atomic E-state index is 0.715. The molecule has 0 spiro atoms. The Morgan fingerprint density at radius 3 is 3.11 bits per heavy atom. The number of hydrogen-bond donors (Lipinski definition) is 1. The van der Waals surface area contributed by atoms with Crippen LogP contribution in [0.25, 0.3) is 11.0 Å². The van der Waals surface area contributed by atoms with Crippen molar-refractivity contribution in [3.63, 3.8) is 0 Å². The van der Waals surface area contributed by atoms with Crippen LogP contribution < -0.4 is 5.32 Å². The molecule has 1 aromatic carbocycles. The highest BCUT2D eigenvalue weighted by Crippen LogP contribution is 2.31. The van der Waals surface area contributed by atoms with E-state index in [1.165, 1.54) is 30.5 Å². The van der Waals surface area contributed by atoms with E-state index < -0.39 is 0 Å². The molecule has 2 aromatic rings. The number of hydrogen-bond acceptors (Lipinski definition) is 3. The molecular weight excluding hydrogens is 236 g/mol. The summed E-state index contributed by atoms with van der Waals surface area (Å²) in [7, 11) is 0. The lowest BCUT2D eigenvalue weighted by molar-refractivity contribution is 0.226. The fraction of sp³-hybridized carbons (Fsp3) is 0.500. The zero-order valence-corrected chi connectivity index (χ0v) is 11.4. The molecule has 1 aromatic heterocycles. The number of likely N-dealkylation sites (tertiary alicyclic amines) is 1. The highest BCUT2D eigenvalue weighted by Gasteiger charge is 2.37. The van der Waals surface area contributed by atoms with Gasteiger partial charge in [0.2, 0.25) is 0 Å². The predicted octanol–water partition coefficient (Wildman–Crippen LogP) is 2.53. The van der Waals surface area contributed by atoms with E-state index in [-0.39, 0.29) is 0 Å². The first-order valence-electron chi connectivity index (χ1n) is 7.24. The van der Waals surface area contributed by atoms with Crippen LogP contribution in [0.15, 0.2) is 28.7 Å². The molecule has 2 saturated heterocycles. The van der Waals surface area contributed by atoms with Gasteiger partial charge in [0.15, 0.2) is 0 Å². The molecule has 2 aliphatic rings. The van der Waals surface area contributed by atoms with Crippen LogP contribution in [0.3, 0.4) is 0 Å². The summed E-state index contributed by atoms with van der Waals surface area (Å²) in [6.45, 7) is 6.70. The number of aryl methyl sites for hydroxylation is 1. The first-order valence-corrected chi connectivity index (χ1v) is 7.24. The van der Waals surface area contributed by atoms with Crippen LogP contribution in [0, 0.1) is 12.8 Å². The SMILES string of the molecule is Cc1c(CN2CC[C@H]3CNC[C@H]32)oc2ccccc12. The minimum atomic E-state index is 0.715. The molecule has 3 heteroatoms. The fourth-order valence-electron chi connectivity index (χ4n) is 3.70. The van der Waals surface area contributed by atoms with Gasteiger partial charge < -0.3 is 9.73 Å². The molecule has 3 nitrogen and oxygen atoms in total. The van der Waals surface area contributed by atoms with E-state index in [1.54, 1.807) is 0 Å². The van der Waals surface area contributed by atoms with Crippen LogP contribution in [-0.4, -0.2) is 30.6 Å². The number of fused-ring (bicyclic) bond motifs is 2. The molecule has 3 heterocycles. The number of rotatable bonds is 2. The number of furan rings is 1. The van der Waals surface area contributed by atoms with Gasteiger partial charge >= 0.3 is 0 Å². The summed E-state index contributed by atoms with van der Waals surface area (Å²) in [5, 5.41) is 4.77. The molecule has 0 unspecified atom stereocenters.